The lowest BCUT2D eigenvalue weighted by Gasteiger charge is -2.09. The topological polar surface area (TPSA) is 58.0 Å². The van der Waals surface area contributed by atoms with Gasteiger partial charge in [-0.15, -0.1) is 0 Å². The lowest BCUT2D eigenvalue weighted by atomic mass is 10.3. The van der Waals surface area contributed by atoms with Crippen LogP contribution in [0.3, 0.4) is 0 Å². The Hall–Kier alpha value is -0.230. The van der Waals surface area contributed by atoms with Crippen LogP contribution in [0, 0.1) is 0 Å². The predicted molar refractivity (Wildman–Crippen MR) is 69.1 cm³/mol. The Morgan fingerprint density at radius 1 is 1.27 bits per heavy atom. The van der Waals surface area contributed by atoms with Gasteiger partial charge in [-0.1, -0.05) is 21.0 Å². The second-order valence-electron chi connectivity index (χ2n) is 2.50. The van der Waals surface area contributed by atoms with Crippen molar-refractivity contribution in [3.8, 4) is 5.75 Å². The minimum Gasteiger partial charge on any atom is -0.491 e. The van der Waals surface area contributed by atoms with E-state index in [4.69, 9.17) is 10.3 Å². The lowest BCUT2D eigenvalue weighted by molar-refractivity contribution is 0.324. The van der Waals surface area contributed by atoms with E-state index in [2.05, 4.69) is 57.8 Å². The number of hydrogen-bond donors (Lipinski definition) is 0. The van der Waals surface area contributed by atoms with Gasteiger partial charge in [0, 0.05) is 9.38 Å². The van der Waals surface area contributed by atoms with Crippen LogP contribution in [0.5, 0.6) is 5.75 Å². The molecule has 1 aromatic rings. The van der Waals surface area contributed by atoms with Gasteiger partial charge in [-0.05, 0) is 49.5 Å². The Balaban J connectivity index is 2.72. The summed E-state index contributed by atoms with van der Waals surface area (Å²) in [5.41, 5.74) is 8.09. The van der Waals surface area contributed by atoms with Crippen LogP contribution in [-0.4, -0.2) is 13.2 Å². The summed E-state index contributed by atoms with van der Waals surface area (Å²) in [6.07, 6.45) is 0. The second-order valence-corrected chi connectivity index (χ2v) is 5.13. The molecule has 0 bridgehead atoms. The fourth-order valence-corrected chi connectivity index (χ4v) is 3.39. The fourth-order valence-electron chi connectivity index (χ4n) is 0.900. The highest BCUT2D eigenvalue weighted by Gasteiger charge is 2.07. The molecule has 0 heterocycles. The summed E-state index contributed by atoms with van der Waals surface area (Å²) in [5.74, 6) is 0.700. The molecule has 4 nitrogen and oxygen atoms in total. The zero-order valence-corrected chi connectivity index (χ0v) is 12.2. The molecule has 0 unspecified atom stereocenters. The van der Waals surface area contributed by atoms with E-state index in [9.17, 15) is 0 Å². The molecule has 0 aliphatic heterocycles. The Kier molecular flexibility index (Phi) is 5.45. The van der Waals surface area contributed by atoms with Gasteiger partial charge in [-0.25, -0.2) is 0 Å². The van der Waals surface area contributed by atoms with Crippen LogP contribution >= 0.6 is 47.8 Å². The third-order valence-corrected chi connectivity index (χ3v) is 3.10. The first-order valence-electron chi connectivity index (χ1n) is 3.93. The SMILES string of the molecule is [N-]=[N+]=NCCOc1c(Br)cc(Br)cc1Br. The van der Waals surface area contributed by atoms with E-state index in [0.717, 1.165) is 13.4 Å². The van der Waals surface area contributed by atoms with Crippen molar-refractivity contribution in [2.75, 3.05) is 13.2 Å². The number of hydrogen-bond acceptors (Lipinski definition) is 2. The van der Waals surface area contributed by atoms with Gasteiger partial charge in [0.1, 0.15) is 5.75 Å². The number of halogens is 3. The molecule has 80 valence electrons. The molecule has 0 saturated carbocycles. The van der Waals surface area contributed by atoms with E-state index >= 15 is 0 Å². The number of azide groups is 1. The maximum atomic E-state index is 8.09. The zero-order valence-electron chi connectivity index (χ0n) is 7.45. The van der Waals surface area contributed by atoms with E-state index in [-0.39, 0.29) is 0 Å². The maximum Gasteiger partial charge on any atom is 0.147 e. The molecule has 7 heteroatoms. The van der Waals surface area contributed by atoms with Crippen molar-refractivity contribution in [3.05, 3.63) is 36.0 Å². The molecule has 0 amide bonds. The molecule has 0 aliphatic carbocycles. The molecule has 0 fully saturated rings. The minimum atomic E-state index is 0.311. The van der Waals surface area contributed by atoms with Crippen molar-refractivity contribution >= 4 is 47.8 Å². The number of benzene rings is 1. The van der Waals surface area contributed by atoms with Crippen molar-refractivity contribution < 1.29 is 4.74 Å². The molecule has 1 rings (SSSR count). The van der Waals surface area contributed by atoms with E-state index in [1.807, 2.05) is 12.1 Å². The average molecular weight is 400 g/mol. The van der Waals surface area contributed by atoms with Crippen molar-refractivity contribution in [2.45, 2.75) is 0 Å². The van der Waals surface area contributed by atoms with Crippen LogP contribution in [0.2, 0.25) is 0 Å². The Bertz CT molecular complexity index is 381. The van der Waals surface area contributed by atoms with Crippen LogP contribution in [-0.2, 0) is 0 Å². The van der Waals surface area contributed by atoms with Crippen LogP contribution < -0.4 is 4.74 Å². The lowest BCUT2D eigenvalue weighted by Crippen LogP contribution is -2.01. The summed E-state index contributed by atoms with van der Waals surface area (Å²) < 4.78 is 8.07. The molecule has 0 radical (unpaired) electrons. The number of nitrogens with zero attached hydrogens (tertiary/aromatic N) is 3. The summed E-state index contributed by atoms with van der Waals surface area (Å²) in [6.45, 7) is 0.661. The minimum absolute atomic E-state index is 0.311. The van der Waals surface area contributed by atoms with Crippen molar-refractivity contribution in [3.63, 3.8) is 0 Å². The molecule has 0 N–H and O–H groups in total. The summed E-state index contributed by atoms with van der Waals surface area (Å²) in [5, 5.41) is 3.38. The zero-order chi connectivity index (χ0) is 11.3. The first kappa shape index (κ1) is 12.8. The van der Waals surface area contributed by atoms with Crippen LogP contribution in [0.15, 0.2) is 30.7 Å². The highest BCUT2D eigenvalue weighted by molar-refractivity contribution is 9.11. The standard InChI is InChI=1S/C8H6Br3N3O/c9-5-3-6(10)8(7(11)4-5)15-2-1-13-14-12/h3-4H,1-2H2. The first-order chi connectivity index (χ1) is 7.15. The Labute approximate surface area is 112 Å². The molecule has 0 aromatic heterocycles. The molecule has 0 saturated heterocycles. The largest absolute Gasteiger partial charge is 0.491 e. The fraction of sp³-hybridized carbons (Fsp3) is 0.250. The third kappa shape index (κ3) is 4.03. The number of rotatable bonds is 4. The van der Waals surface area contributed by atoms with E-state index in [0.29, 0.717) is 18.9 Å². The van der Waals surface area contributed by atoms with Crippen molar-refractivity contribution in [2.24, 2.45) is 5.11 Å². The highest BCUT2D eigenvalue weighted by atomic mass is 79.9. The summed E-state index contributed by atoms with van der Waals surface area (Å²) in [7, 11) is 0. The van der Waals surface area contributed by atoms with Gasteiger partial charge in [0.05, 0.1) is 22.1 Å². The van der Waals surface area contributed by atoms with E-state index in [1.165, 1.54) is 0 Å². The van der Waals surface area contributed by atoms with Crippen LogP contribution in [0.4, 0.5) is 0 Å². The molecule has 15 heavy (non-hydrogen) atoms. The smallest absolute Gasteiger partial charge is 0.147 e. The monoisotopic (exact) mass is 397 g/mol. The number of ether oxygens (including phenoxy) is 1. The first-order valence-corrected chi connectivity index (χ1v) is 6.31. The molecule has 1 aromatic carbocycles. The highest BCUT2D eigenvalue weighted by Crippen LogP contribution is 2.36. The maximum absolute atomic E-state index is 8.09. The molecular formula is C8H6Br3N3O. The molecule has 0 aliphatic rings. The van der Waals surface area contributed by atoms with E-state index < -0.39 is 0 Å². The van der Waals surface area contributed by atoms with Crippen LogP contribution in [0.25, 0.3) is 10.4 Å². The molecule has 0 atom stereocenters. The third-order valence-electron chi connectivity index (χ3n) is 1.46. The van der Waals surface area contributed by atoms with Gasteiger partial charge in [0.2, 0.25) is 0 Å². The second kappa shape index (κ2) is 6.37. The average Bonchev–Trinajstić information content (AvgIpc) is 2.15. The Morgan fingerprint density at radius 3 is 2.40 bits per heavy atom. The van der Waals surface area contributed by atoms with Gasteiger partial charge in [-0.3, -0.25) is 0 Å². The van der Waals surface area contributed by atoms with Gasteiger partial charge >= 0.3 is 0 Å². The normalized spacial score (nSPS) is 9.53. The van der Waals surface area contributed by atoms with Crippen molar-refractivity contribution in [1.82, 2.24) is 0 Å². The quantitative estimate of drug-likeness (QED) is 0.314. The molecule has 0 spiro atoms. The van der Waals surface area contributed by atoms with Crippen molar-refractivity contribution in [1.29, 1.82) is 0 Å². The molecular weight excluding hydrogens is 394 g/mol. The summed E-state index contributed by atoms with van der Waals surface area (Å²) in [6, 6.07) is 3.77. The van der Waals surface area contributed by atoms with Gasteiger partial charge in [-0.2, -0.15) is 0 Å². The van der Waals surface area contributed by atoms with Gasteiger partial charge in [0.15, 0.2) is 0 Å². The summed E-state index contributed by atoms with van der Waals surface area (Å²) >= 11 is 10.1. The van der Waals surface area contributed by atoms with E-state index in [1.54, 1.807) is 0 Å². The Morgan fingerprint density at radius 2 is 1.87 bits per heavy atom. The van der Waals surface area contributed by atoms with Crippen LogP contribution in [0.1, 0.15) is 0 Å². The van der Waals surface area contributed by atoms with Gasteiger partial charge in [0.25, 0.3) is 0 Å². The summed E-state index contributed by atoms with van der Waals surface area (Å²) in [4.78, 5) is 2.64. The van der Waals surface area contributed by atoms with Gasteiger partial charge < -0.3 is 4.74 Å². The predicted octanol–water partition coefficient (Wildman–Crippen LogP) is 4.66.